The first-order valence-corrected chi connectivity index (χ1v) is 6.03. The minimum atomic E-state index is -0.390. The van der Waals surface area contributed by atoms with Gasteiger partial charge in [-0.05, 0) is 24.3 Å². The fourth-order valence-electron chi connectivity index (χ4n) is 1.81. The number of hydrogen-bond donors (Lipinski definition) is 2. The van der Waals surface area contributed by atoms with Crippen molar-refractivity contribution < 1.29 is 9.69 Å². The number of carbonyl (C=O) groups is 1. The number of hydrogen-bond acceptors (Lipinski definition) is 2. The van der Waals surface area contributed by atoms with Gasteiger partial charge in [-0.15, -0.1) is 0 Å². The molecule has 0 rings (SSSR count). The summed E-state index contributed by atoms with van der Waals surface area (Å²) in [6.07, 6.45) is 2.11. The molecule has 0 spiro atoms. The topological polar surface area (TPSA) is 47.5 Å². The maximum Gasteiger partial charge on any atom is 0.315 e. The highest BCUT2D eigenvalue weighted by Gasteiger charge is 2.29. The largest absolute Gasteiger partial charge is 0.322 e. The van der Waals surface area contributed by atoms with E-state index >= 15 is 0 Å². The first kappa shape index (κ1) is 15.3. The molecule has 0 aliphatic carbocycles. The molecule has 16 heavy (non-hydrogen) atoms. The standard InChI is InChI=1S/C13H26N2O/c1-7-13(14,9-10(2)3)11(4)8-12(16)15(5)6/h10H,4,7-9,14H2,1-3,5-6H3/p+1. The van der Waals surface area contributed by atoms with Gasteiger partial charge in [0.2, 0.25) is 0 Å². The Hall–Kier alpha value is -0.670. The van der Waals surface area contributed by atoms with Crippen LogP contribution in [0.3, 0.4) is 0 Å². The third kappa shape index (κ3) is 4.45. The van der Waals surface area contributed by atoms with Gasteiger partial charge >= 0.3 is 5.91 Å². The fraction of sp³-hybridized carbons (Fsp3) is 0.769. The van der Waals surface area contributed by atoms with Crippen LogP contribution in [0.5, 0.6) is 0 Å². The SMILES string of the molecule is C=C(CC(=O)[NH+](C)C)C(N)(CC)CC(C)C. The van der Waals surface area contributed by atoms with Crippen molar-refractivity contribution in [2.24, 2.45) is 11.7 Å². The number of amides is 1. The summed E-state index contributed by atoms with van der Waals surface area (Å²) in [6, 6.07) is 0. The van der Waals surface area contributed by atoms with Crippen molar-refractivity contribution in [2.45, 2.75) is 45.6 Å². The summed E-state index contributed by atoms with van der Waals surface area (Å²) in [5.41, 5.74) is 6.81. The summed E-state index contributed by atoms with van der Waals surface area (Å²) in [5, 5.41) is 0. The van der Waals surface area contributed by atoms with E-state index in [4.69, 9.17) is 5.73 Å². The lowest BCUT2D eigenvalue weighted by atomic mass is 9.80. The summed E-state index contributed by atoms with van der Waals surface area (Å²) in [4.78, 5) is 12.5. The first-order valence-electron chi connectivity index (χ1n) is 6.03. The van der Waals surface area contributed by atoms with Crippen LogP contribution < -0.4 is 10.6 Å². The summed E-state index contributed by atoms with van der Waals surface area (Å²) in [7, 11) is 3.67. The Morgan fingerprint density at radius 1 is 1.44 bits per heavy atom. The van der Waals surface area contributed by atoms with Crippen molar-refractivity contribution in [3.05, 3.63) is 12.2 Å². The van der Waals surface area contributed by atoms with Crippen LogP contribution in [0.15, 0.2) is 12.2 Å². The van der Waals surface area contributed by atoms with Crippen LogP contribution >= 0.6 is 0 Å². The Labute approximate surface area is 99.7 Å². The van der Waals surface area contributed by atoms with Crippen molar-refractivity contribution in [1.82, 2.24) is 0 Å². The molecule has 0 aromatic heterocycles. The Morgan fingerprint density at radius 2 is 1.94 bits per heavy atom. The van der Waals surface area contributed by atoms with Crippen LogP contribution in [-0.2, 0) is 4.79 Å². The van der Waals surface area contributed by atoms with Crippen molar-refractivity contribution in [3.63, 3.8) is 0 Å². The van der Waals surface area contributed by atoms with E-state index in [9.17, 15) is 4.79 Å². The van der Waals surface area contributed by atoms with Crippen molar-refractivity contribution in [3.8, 4) is 0 Å². The molecular formula is C13H27N2O+. The van der Waals surface area contributed by atoms with Gasteiger partial charge in [-0.3, -0.25) is 4.90 Å². The Balaban J connectivity index is 4.59. The normalized spacial score (nSPS) is 15.2. The van der Waals surface area contributed by atoms with Gasteiger partial charge < -0.3 is 5.73 Å². The fourth-order valence-corrected chi connectivity index (χ4v) is 1.81. The molecule has 0 heterocycles. The molecule has 3 nitrogen and oxygen atoms in total. The summed E-state index contributed by atoms with van der Waals surface area (Å²) in [6.45, 7) is 10.4. The van der Waals surface area contributed by atoms with Gasteiger partial charge in [-0.1, -0.05) is 27.4 Å². The summed E-state index contributed by atoms with van der Waals surface area (Å²) >= 11 is 0. The first-order chi connectivity index (χ1) is 7.23. The van der Waals surface area contributed by atoms with Gasteiger partial charge in [-0.2, -0.15) is 0 Å². The molecule has 0 aliphatic rings. The lowest BCUT2D eigenvalue weighted by molar-refractivity contribution is -0.775. The highest BCUT2D eigenvalue weighted by Crippen LogP contribution is 2.26. The molecule has 0 saturated heterocycles. The van der Waals surface area contributed by atoms with Crippen LogP contribution in [0.1, 0.15) is 40.0 Å². The van der Waals surface area contributed by atoms with Gasteiger partial charge in [0.25, 0.3) is 0 Å². The molecule has 0 aliphatic heterocycles. The number of nitrogens with one attached hydrogen (secondary N) is 1. The quantitative estimate of drug-likeness (QED) is 0.658. The third-order valence-corrected chi connectivity index (χ3v) is 3.04. The van der Waals surface area contributed by atoms with E-state index in [2.05, 4.69) is 27.4 Å². The van der Waals surface area contributed by atoms with Gasteiger partial charge in [0.1, 0.15) is 0 Å². The van der Waals surface area contributed by atoms with E-state index in [-0.39, 0.29) is 11.4 Å². The van der Waals surface area contributed by atoms with Gasteiger partial charge in [0, 0.05) is 5.54 Å². The lowest BCUT2D eigenvalue weighted by Gasteiger charge is -2.32. The van der Waals surface area contributed by atoms with E-state index in [0.29, 0.717) is 12.3 Å². The second-order valence-electron chi connectivity index (χ2n) is 5.31. The molecule has 1 unspecified atom stereocenters. The second kappa shape index (κ2) is 6.16. The zero-order chi connectivity index (χ0) is 12.9. The summed E-state index contributed by atoms with van der Waals surface area (Å²) in [5.74, 6) is 0.667. The Kier molecular flexibility index (Phi) is 5.90. The van der Waals surface area contributed by atoms with E-state index in [1.807, 2.05) is 14.1 Å². The van der Waals surface area contributed by atoms with E-state index in [1.54, 1.807) is 0 Å². The summed E-state index contributed by atoms with van der Waals surface area (Å²) < 4.78 is 0. The third-order valence-electron chi connectivity index (χ3n) is 3.04. The number of rotatable bonds is 6. The van der Waals surface area contributed by atoms with Crippen LogP contribution in [0.2, 0.25) is 0 Å². The zero-order valence-corrected chi connectivity index (χ0v) is 11.4. The highest BCUT2D eigenvalue weighted by molar-refractivity contribution is 5.70. The lowest BCUT2D eigenvalue weighted by Crippen LogP contribution is -3.08. The van der Waals surface area contributed by atoms with E-state index in [0.717, 1.165) is 23.3 Å². The molecule has 0 aromatic carbocycles. The minimum Gasteiger partial charge on any atom is -0.322 e. The maximum atomic E-state index is 11.6. The van der Waals surface area contributed by atoms with Crippen LogP contribution in [0.4, 0.5) is 0 Å². The monoisotopic (exact) mass is 227 g/mol. The van der Waals surface area contributed by atoms with Gasteiger partial charge in [0.15, 0.2) is 0 Å². The molecule has 94 valence electrons. The van der Waals surface area contributed by atoms with Crippen molar-refractivity contribution in [2.75, 3.05) is 14.1 Å². The van der Waals surface area contributed by atoms with Crippen LogP contribution in [-0.4, -0.2) is 25.5 Å². The minimum absolute atomic E-state index is 0.150. The maximum absolute atomic E-state index is 11.6. The molecule has 3 heteroatoms. The van der Waals surface area contributed by atoms with Crippen LogP contribution in [0, 0.1) is 5.92 Å². The number of nitrogens with two attached hydrogens (primary N) is 1. The van der Waals surface area contributed by atoms with Crippen LogP contribution in [0.25, 0.3) is 0 Å². The molecule has 1 atom stereocenters. The molecule has 0 saturated carbocycles. The highest BCUT2D eigenvalue weighted by atomic mass is 16.2. The smallest absolute Gasteiger partial charge is 0.315 e. The molecule has 0 bridgehead atoms. The van der Waals surface area contributed by atoms with Crippen molar-refractivity contribution in [1.29, 1.82) is 0 Å². The predicted octanol–water partition coefficient (Wildman–Crippen LogP) is 0.757. The van der Waals surface area contributed by atoms with E-state index < -0.39 is 0 Å². The zero-order valence-electron chi connectivity index (χ0n) is 11.4. The van der Waals surface area contributed by atoms with Crippen molar-refractivity contribution >= 4 is 5.91 Å². The molecule has 0 aromatic rings. The van der Waals surface area contributed by atoms with E-state index in [1.165, 1.54) is 0 Å². The molecule has 3 N–H and O–H groups in total. The Morgan fingerprint density at radius 3 is 2.25 bits per heavy atom. The van der Waals surface area contributed by atoms with Gasteiger partial charge in [-0.25, -0.2) is 4.79 Å². The average Bonchev–Trinajstić information content (AvgIpc) is 2.16. The molecule has 1 amide bonds. The molecular weight excluding hydrogens is 200 g/mol. The number of carbonyl (C=O) groups excluding carboxylic acids is 1. The van der Waals surface area contributed by atoms with Gasteiger partial charge in [0.05, 0.1) is 20.5 Å². The second-order valence-corrected chi connectivity index (χ2v) is 5.31. The number of quaternary nitrogens is 1. The predicted molar refractivity (Wildman–Crippen MR) is 68.2 cm³/mol. The molecule has 0 fully saturated rings. The molecule has 0 radical (unpaired) electrons. The average molecular weight is 227 g/mol. The Bertz CT molecular complexity index is 259.